The number of carbonyl (C=O) groups excluding carboxylic acids is 2. The summed E-state index contributed by atoms with van der Waals surface area (Å²) in [6, 6.07) is 9.83. The average molecular weight is 476 g/mol. The van der Waals surface area contributed by atoms with Gasteiger partial charge in [0.05, 0.1) is 6.61 Å². The van der Waals surface area contributed by atoms with E-state index in [9.17, 15) is 18.8 Å². The summed E-state index contributed by atoms with van der Waals surface area (Å²) in [5, 5.41) is 3.17. The van der Waals surface area contributed by atoms with Gasteiger partial charge in [0.2, 0.25) is 0 Å². The summed E-state index contributed by atoms with van der Waals surface area (Å²) in [7, 11) is 0. The number of amides is 1. The van der Waals surface area contributed by atoms with Gasteiger partial charge in [-0.1, -0.05) is 35.9 Å². The van der Waals surface area contributed by atoms with Crippen LogP contribution in [0.4, 0.5) is 4.39 Å². The number of hydrogen-bond acceptors (Lipinski definition) is 6. The third-order valence-electron chi connectivity index (χ3n) is 4.90. The lowest BCUT2D eigenvalue weighted by Crippen LogP contribution is -2.44. The van der Waals surface area contributed by atoms with Gasteiger partial charge < -0.3 is 20.2 Å². The number of hydrogen-bond donors (Lipinski definition) is 3. The molecule has 0 spiro atoms. The molecule has 8 nitrogen and oxygen atoms in total. The van der Waals surface area contributed by atoms with Crippen molar-refractivity contribution in [2.75, 3.05) is 6.61 Å². The molecule has 0 radical (unpaired) electrons. The van der Waals surface area contributed by atoms with Crippen molar-refractivity contribution in [2.45, 2.75) is 31.8 Å². The minimum atomic E-state index is -0.960. The van der Waals surface area contributed by atoms with Crippen LogP contribution in [0, 0.1) is 5.82 Å². The SMILES string of the molecule is CCOC(=O)[C@H](N)C[C@@H](Cc1ccc(-c2cc(Cl)ccc2F)cc1)NC(=O)c1coc(=O)[nH]1. The smallest absolute Gasteiger partial charge is 0.416 e. The number of esters is 1. The highest BCUT2D eigenvalue weighted by molar-refractivity contribution is 6.30. The third kappa shape index (κ3) is 6.53. The third-order valence-corrected chi connectivity index (χ3v) is 5.14. The topological polar surface area (TPSA) is 127 Å². The van der Waals surface area contributed by atoms with Gasteiger partial charge >= 0.3 is 11.7 Å². The van der Waals surface area contributed by atoms with Gasteiger partial charge in [-0.05, 0) is 49.1 Å². The Morgan fingerprint density at radius 1 is 1.24 bits per heavy atom. The van der Waals surface area contributed by atoms with Crippen molar-refractivity contribution >= 4 is 23.5 Å². The molecule has 1 heterocycles. The Kier molecular flexibility index (Phi) is 8.02. The Bertz CT molecular complexity index is 1180. The van der Waals surface area contributed by atoms with Crippen molar-refractivity contribution < 1.29 is 23.1 Å². The number of halogens is 2. The lowest BCUT2D eigenvalue weighted by Gasteiger charge is -2.21. The van der Waals surface area contributed by atoms with Crippen molar-refractivity contribution in [3.8, 4) is 11.1 Å². The maximum Gasteiger partial charge on any atom is 0.416 e. The maximum atomic E-state index is 14.2. The summed E-state index contributed by atoms with van der Waals surface area (Å²) in [6.45, 7) is 1.85. The van der Waals surface area contributed by atoms with Gasteiger partial charge in [0.1, 0.15) is 23.8 Å². The highest BCUT2D eigenvalue weighted by Crippen LogP contribution is 2.26. The second kappa shape index (κ2) is 10.9. The first-order valence-corrected chi connectivity index (χ1v) is 10.6. The molecule has 174 valence electrons. The van der Waals surface area contributed by atoms with E-state index in [1.807, 2.05) is 0 Å². The molecule has 0 saturated carbocycles. The molecular formula is C23H23ClFN3O5. The molecule has 4 N–H and O–H groups in total. The van der Waals surface area contributed by atoms with E-state index >= 15 is 0 Å². The minimum Gasteiger partial charge on any atom is -0.465 e. The number of aromatic nitrogens is 1. The normalized spacial score (nSPS) is 12.7. The zero-order valence-electron chi connectivity index (χ0n) is 17.8. The lowest BCUT2D eigenvalue weighted by molar-refractivity contribution is -0.145. The number of aromatic amines is 1. The Morgan fingerprint density at radius 2 is 1.97 bits per heavy atom. The molecule has 0 aliphatic rings. The van der Waals surface area contributed by atoms with Crippen LogP contribution in [0.2, 0.25) is 5.02 Å². The fourth-order valence-corrected chi connectivity index (χ4v) is 3.50. The van der Waals surface area contributed by atoms with Gasteiger partial charge in [0, 0.05) is 16.6 Å². The zero-order chi connectivity index (χ0) is 24.0. The second-order valence-electron chi connectivity index (χ2n) is 7.35. The first-order chi connectivity index (χ1) is 15.8. The summed E-state index contributed by atoms with van der Waals surface area (Å²) in [4.78, 5) is 37.9. The van der Waals surface area contributed by atoms with E-state index in [1.54, 1.807) is 37.3 Å². The quantitative estimate of drug-likeness (QED) is 0.408. The first kappa shape index (κ1) is 24.2. The summed E-state index contributed by atoms with van der Waals surface area (Å²) < 4.78 is 23.7. The van der Waals surface area contributed by atoms with Gasteiger partial charge in [0.15, 0.2) is 0 Å². The van der Waals surface area contributed by atoms with E-state index in [0.29, 0.717) is 22.6 Å². The minimum absolute atomic E-state index is 0.0542. The number of ether oxygens (including phenoxy) is 1. The molecule has 0 saturated heterocycles. The molecule has 0 aliphatic carbocycles. The fourth-order valence-electron chi connectivity index (χ4n) is 3.32. The molecule has 10 heteroatoms. The first-order valence-electron chi connectivity index (χ1n) is 10.2. The van der Waals surface area contributed by atoms with Crippen LogP contribution in [0.1, 0.15) is 29.4 Å². The Labute approximate surface area is 193 Å². The van der Waals surface area contributed by atoms with Gasteiger partial charge in [-0.25, -0.2) is 9.18 Å². The summed E-state index contributed by atoms with van der Waals surface area (Å²) in [5.41, 5.74) is 7.71. The van der Waals surface area contributed by atoms with E-state index < -0.39 is 35.5 Å². The highest BCUT2D eigenvalue weighted by atomic mass is 35.5. The van der Waals surface area contributed by atoms with Crippen molar-refractivity contribution in [2.24, 2.45) is 5.73 Å². The Balaban J connectivity index is 1.78. The fraction of sp³-hybridized carbons (Fsp3) is 0.261. The largest absolute Gasteiger partial charge is 0.465 e. The zero-order valence-corrected chi connectivity index (χ0v) is 18.5. The standard InChI is InChI=1S/C23H23ClFN3O5/c1-2-32-22(30)19(26)11-16(27-21(29)20-12-33-23(31)28-20)9-13-3-5-14(6-4-13)17-10-15(24)7-8-18(17)25/h3-8,10,12,16,19H,2,9,11,26H2,1H3,(H,27,29)(H,28,31)/t16-,19-/m1/s1. The van der Waals surface area contributed by atoms with Gasteiger partial charge in [-0.3, -0.25) is 14.6 Å². The number of H-pyrrole nitrogens is 1. The molecule has 0 bridgehead atoms. The molecule has 33 heavy (non-hydrogen) atoms. The molecule has 2 aromatic carbocycles. The van der Waals surface area contributed by atoms with E-state index in [0.717, 1.165) is 11.8 Å². The van der Waals surface area contributed by atoms with E-state index in [1.165, 1.54) is 12.1 Å². The van der Waals surface area contributed by atoms with Crippen LogP contribution in [0.25, 0.3) is 11.1 Å². The molecular weight excluding hydrogens is 453 g/mol. The molecule has 3 rings (SSSR count). The molecule has 0 fully saturated rings. The molecule has 1 amide bonds. The molecule has 0 unspecified atom stereocenters. The highest BCUT2D eigenvalue weighted by Gasteiger charge is 2.23. The second-order valence-corrected chi connectivity index (χ2v) is 7.79. The predicted octanol–water partition coefficient (Wildman–Crippen LogP) is 3.05. The molecule has 0 aliphatic heterocycles. The van der Waals surface area contributed by atoms with E-state index in [2.05, 4.69) is 14.7 Å². The Morgan fingerprint density at radius 3 is 2.61 bits per heavy atom. The van der Waals surface area contributed by atoms with Gasteiger partial charge in [0.25, 0.3) is 5.91 Å². The Hall–Kier alpha value is -3.43. The monoisotopic (exact) mass is 475 g/mol. The van der Waals surface area contributed by atoms with Crippen LogP contribution in [0.15, 0.2) is 57.9 Å². The van der Waals surface area contributed by atoms with E-state index in [-0.39, 0.29) is 18.7 Å². The van der Waals surface area contributed by atoms with E-state index in [4.69, 9.17) is 22.1 Å². The summed E-state index contributed by atoms with van der Waals surface area (Å²) >= 11 is 5.98. The van der Waals surface area contributed by atoms with Crippen LogP contribution < -0.4 is 16.8 Å². The maximum absolute atomic E-state index is 14.2. The number of nitrogens with one attached hydrogen (secondary N) is 2. The lowest BCUT2D eigenvalue weighted by atomic mass is 9.97. The van der Waals surface area contributed by atoms with Crippen LogP contribution in [0.3, 0.4) is 0 Å². The van der Waals surface area contributed by atoms with Crippen molar-refractivity contribution in [3.05, 3.63) is 81.4 Å². The van der Waals surface area contributed by atoms with Crippen LogP contribution in [-0.2, 0) is 16.0 Å². The average Bonchev–Trinajstić information content (AvgIpc) is 3.22. The molecule has 1 aromatic heterocycles. The number of carbonyl (C=O) groups is 2. The van der Waals surface area contributed by atoms with Crippen molar-refractivity contribution in [1.29, 1.82) is 0 Å². The summed E-state index contributed by atoms with van der Waals surface area (Å²) in [6.07, 6.45) is 1.42. The van der Waals surface area contributed by atoms with Crippen molar-refractivity contribution in [1.82, 2.24) is 10.3 Å². The van der Waals surface area contributed by atoms with Gasteiger partial charge in [-0.2, -0.15) is 0 Å². The molecule has 3 aromatic rings. The number of benzene rings is 2. The molecule has 2 atom stereocenters. The predicted molar refractivity (Wildman–Crippen MR) is 120 cm³/mol. The van der Waals surface area contributed by atoms with Crippen LogP contribution in [-0.4, -0.2) is 35.6 Å². The number of nitrogens with two attached hydrogens (primary N) is 1. The number of oxazole rings is 1. The van der Waals surface area contributed by atoms with Crippen LogP contribution >= 0.6 is 11.6 Å². The van der Waals surface area contributed by atoms with Crippen molar-refractivity contribution in [3.63, 3.8) is 0 Å². The number of rotatable bonds is 9. The summed E-state index contributed by atoms with van der Waals surface area (Å²) in [5.74, 6) is -2.32. The van der Waals surface area contributed by atoms with Crippen LogP contribution in [0.5, 0.6) is 0 Å². The van der Waals surface area contributed by atoms with Gasteiger partial charge in [-0.15, -0.1) is 0 Å².